The van der Waals surface area contributed by atoms with Crippen LogP contribution in [0.4, 0.5) is 0 Å². The van der Waals surface area contributed by atoms with Crippen LogP contribution in [0.25, 0.3) is 0 Å². The molecule has 0 N–H and O–H groups in total. The van der Waals surface area contributed by atoms with Crippen molar-refractivity contribution in [3.05, 3.63) is 66.5 Å². The number of nitrogens with zero attached hydrogens (tertiary/aromatic N) is 1. The summed E-state index contributed by atoms with van der Waals surface area (Å²) in [5.41, 5.74) is 1.00. The Labute approximate surface area is 114 Å². The van der Waals surface area contributed by atoms with E-state index >= 15 is 0 Å². The van der Waals surface area contributed by atoms with E-state index in [2.05, 4.69) is 4.98 Å². The predicted octanol–water partition coefficient (Wildman–Crippen LogP) is 3.43. The Morgan fingerprint density at radius 2 is 1.68 bits per heavy atom. The number of carbonyl (C=O) groups is 1. The van der Waals surface area contributed by atoms with Crippen LogP contribution in [0.3, 0.4) is 0 Å². The summed E-state index contributed by atoms with van der Waals surface area (Å²) in [4.78, 5) is 15.1. The summed E-state index contributed by atoms with van der Waals surface area (Å²) in [6, 6.07) is 15.4. The molecule has 3 nitrogen and oxygen atoms in total. The monoisotopic (exact) mass is 257 g/mol. The number of hydrogen-bond acceptors (Lipinski definition) is 3. The number of esters is 1. The Morgan fingerprint density at radius 1 is 1.11 bits per heavy atom. The van der Waals surface area contributed by atoms with Crippen LogP contribution in [0.2, 0.25) is 0 Å². The van der Waals surface area contributed by atoms with Gasteiger partial charge in [-0.25, -0.2) is 0 Å². The Hall–Kier alpha value is -2.16. The van der Waals surface area contributed by atoms with Gasteiger partial charge in [-0.2, -0.15) is 0 Å². The summed E-state index contributed by atoms with van der Waals surface area (Å²) in [6.07, 6.45) is 3.50. The number of pyridine rings is 1. The van der Waals surface area contributed by atoms with E-state index in [1.165, 1.54) is 0 Å². The van der Waals surface area contributed by atoms with E-state index in [1.54, 1.807) is 12.4 Å². The average molecular weight is 257 g/mol. The largest absolute Gasteiger partial charge is 0.466 e. The molecule has 0 bridgehead atoms. The van der Waals surface area contributed by atoms with E-state index in [4.69, 9.17) is 4.74 Å². The molecule has 0 amide bonds. The normalized spacial score (nSPS) is 10.8. The zero-order valence-electron chi connectivity index (χ0n) is 11.3. The lowest BCUT2D eigenvalue weighted by Gasteiger charge is -2.09. The van der Waals surface area contributed by atoms with Crippen molar-refractivity contribution >= 4 is 5.97 Å². The van der Waals surface area contributed by atoms with Crippen molar-refractivity contribution in [1.29, 1.82) is 0 Å². The smallest absolute Gasteiger partial charge is 0.313 e. The molecule has 0 spiro atoms. The molecule has 0 radical (unpaired) electrons. The Morgan fingerprint density at radius 3 is 2.11 bits per heavy atom. The van der Waals surface area contributed by atoms with Crippen LogP contribution in [-0.4, -0.2) is 17.6 Å². The first-order valence-electron chi connectivity index (χ1n) is 6.32. The first-order chi connectivity index (χ1) is 9.25. The maximum Gasteiger partial charge on any atom is 0.313 e. The Bertz CT molecular complexity index is 430. The SMILES string of the molecule is CCOC(=O)C(C)c1ccccc1.c1ccncc1. The Balaban J connectivity index is 0.000000250. The lowest BCUT2D eigenvalue weighted by atomic mass is 10.0. The lowest BCUT2D eigenvalue weighted by Crippen LogP contribution is -2.12. The van der Waals surface area contributed by atoms with Gasteiger partial charge in [0.1, 0.15) is 0 Å². The molecule has 100 valence electrons. The fourth-order valence-corrected chi connectivity index (χ4v) is 1.46. The molecule has 1 aromatic heterocycles. The van der Waals surface area contributed by atoms with Crippen LogP contribution in [0.5, 0.6) is 0 Å². The van der Waals surface area contributed by atoms with Crippen LogP contribution < -0.4 is 0 Å². The molecule has 19 heavy (non-hydrogen) atoms. The molecule has 0 fully saturated rings. The number of ether oxygens (including phenoxy) is 1. The lowest BCUT2D eigenvalue weighted by molar-refractivity contribution is -0.144. The Kier molecular flexibility index (Phi) is 6.95. The first kappa shape index (κ1) is 14.9. The highest BCUT2D eigenvalue weighted by atomic mass is 16.5. The fourth-order valence-electron chi connectivity index (χ4n) is 1.46. The second kappa shape index (κ2) is 8.86. The summed E-state index contributed by atoms with van der Waals surface area (Å²) in [5, 5.41) is 0. The highest BCUT2D eigenvalue weighted by Crippen LogP contribution is 2.15. The summed E-state index contributed by atoms with van der Waals surface area (Å²) in [5.74, 6) is -0.324. The van der Waals surface area contributed by atoms with Crippen molar-refractivity contribution in [2.75, 3.05) is 6.61 Å². The summed E-state index contributed by atoms with van der Waals surface area (Å²) >= 11 is 0. The number of rotatable bonds is 3. The maximum absolute atomic E-state index is 11.3. The zero-order chi connectivity index (χ0) is 13.9. The van der Waals surface area contributed by atoms with E-state index in [0.717, 1.165) is 5.56 Å². The van der Waals surface area contributed by atoms with Gasteiger partial charge >= 0.3 is 5.97 Å². The van der Waals surface area contributed by atoms with Crippen LogP contribution in [0.1, 0.15) is 25.3 Å². The molecule has 3 heteroatoms. The standard InChI is InChI=1S/C11H14O2.C5H5N/c1-3-13-11(12)9(2)10-7-5-4-6-8-10;1-2-4-6-5-3-1/h4-9H,3H2,1-2H3;1-5H. The average Bonchev–Trinajstić information content (AvgIpc) is 2.50. The summed E-state index contributed by atoms with van der Waals surface area (Å²) in [7, 11) is 0. The molecule has 0 aliphatic carbocycles. The van der Waals surface area contributed by atoms with Crippen molar-refractivity contribution in [2.24, 2.45) is 0 Å². The van der Waals surface area contributed by atoms with E-state index in [-0.39, 0.29) is 11.9 Å². The minimum Gasteiger partial charge on any atom is -0.466 e. The molecule has 2 rings (SSSR count). The van der Waals surface area contributed by atoms with Gasteiger partial charge in [0.25, 0.3) is 0 Å². The maximum atomic E-state index is 11.3. The van der Waals surface area contributed by atoms with E-state index < -0.39 is 0 Å². The minimum atomic E-state index is -0.166. The molecule has 1 heterocycles. The molecular weight excluding hydrogens is 238 g/mol. The topological polar surface area (TPSA) is 39.2 Å². The van der Waals surface area contributed by atoms with Crippen molar-refractivity contribution in [3.8, 4) is 0 Å². The van der Waals surface area contributed by atoms with E-state index in [1.807, 2.05) is 62.4 Å². The van der Waals surface area contributed by atoms with Crippen LogP contribution >= 0.6 is 0 Å². The number of hydrogen-bond donors (Lipinski definition) is 0. The molecule has 0 saturated heterocycles. The van der Waals surface area contributed by atoms with Gasteiger partial charge in [-0.1, -0.05) is 36.4 Å². The molecule has 0 saturated carbocycles. The van der Waals surface area contributed by atoms with Crippen molar-refractivity contribution in [2.45, 2.75) is 19.8 Å². The highest BCUT2D eigenvalue weighted by Gasteiger charge is 2.14. The van der Waals surface area contributed by atoms with Crippen molar-refractivity contribution < 1.29 is 9.53 Å². The minimum absolute atomic E-state index is 0.159. The molecule has 2 aromatic rings. The summed E-state index contributed by atoms with van der Waals surface area (Å²) < 4.78 is 4.92. The van der Waals surface area contributed by atoms with Gasteiger partial charge in [0.15, 0.2) is 0 Å². The molecular formula is C16H19NO2. The quantitative estimate of drug-likeness (QED) is 0.791. The van der Waals surface area contributed by atoms with Gasteiger partial charge in [0.05, 0.1) is 12.5 Å². The highest BCUT2D eigenvalue weighted by molar-refractivity contribution is 5.77. The summed E-state index contributed by atoms with van der Waals surface area (Å²) in [6.45, 7) is 4.11. The predicted molar refractivity (Wildman–Crippen MR) is 75.7 cm³/mol. The third kappa shape index (κ3) is 5.82. The van der Waals surface area contributed by atoms with Crippen LogP contribution in [-0.2, 0) is 9.53 Å². The van der Waals surface area contributed by atoms with E-state index in [0.29, 0.717) is 6.61 Å². The van der Waals surface area contributed by atoms with Crippen molar-refractivity contribution in [3.63, 3.8) is 0 Å². The van der Waals surface area contributed by atoms with Crippen LogP contribution in [0, 0.1) is 0 Å². The third-order valence-corrected chi connectivity index (χ3v) is 2.51. The first-order valence-corrected chi connectivity index (χ1v) is 6.32. The van der Waals surface area contributed by atoms with E-state index in [9.17, 15) is 4.79 Å². The number of carbonyl (C=O) groups excluding carboxylic acids is 1. The van der Waals surface area contributed by atoms with Gasteiger partial charge in [0.2, 0.25) is 0 Å². The fraction of sp³-hybridized carbons (Fsp3) is 0.250. The molecule has 1 atom stereocenters. The van der Waals surface area contributed by atoms with Gasteiger partial charge in [-0.05, 0) is 31.5 Å². The molecule has 1 aromatic carbocycles. The molecule has 0 aliphatic rings. The second-order valence-electron chi connectivity index (χ2n) is 3.91. The van der Waals surface area contributed by atoms with Gasteiger partial charge in [0, 0.05) is 12.4 Å². The molecule has 0 aliphatic heterocycles. The zero-order valence-corrected chi connectivity index (χ0v) is 11.3. The molecule has 1 unspecified atom stereocenters. The van der Waals surface area contributed by atoms with Gasteiger partial charge < -0.3 is 4.74 Å². The van der Waals surface area contributed by atoms with Crippen molar-refractivity contribution in [1.82, 2.24) is 4.98 Å². The van der Waals surface area contributed by atoms with Gasteiger partial charge in [-0.15, -0.1) is 0 Å². The van der Waals surface area contributed by atoms with Gasteiger partial charge in [-0.3, -0.25) is 9.78 Å². The second-order valence-corrected chi connectivity index (χ2v) is 3.91. The van der Waals surface area contributed by atoms with Crippen LogP contribution in [0.15, 0.2) is 60.9 Å². The number of aromatic nitrogens is 1. The third-order valence-electron chi connectivity index (χ3n) is 2.51. The number of benzene rings is 1.